The fraction of sp³-hybridized carbons (Fsp3) is 0.538. The second kappa shape index (κ2) is 6.11. The van der Waals surface area contributed by atoms with E-state index in [-0.39, 0.29) is 0 Å². The maximum Gasteiger partial charge on any atom is 0.127 e. The minimum atomic E-state index is 0.910. The number of nitrogens with one attached hydrogen (secondary N) is 1. The van der Waals surface area contributed by atoms with Crippen molar-refractivity contribution >= 4 is 11.3 Å². The second-order valence-electron chi connectivity index (χ2n) is 4.33. The first-order chi connectivity index (χ1) is 8.74. The molecule has 0 aromatic carbocycles. The van der Waals surface area contributed by atoms with Crippen molar-refractivity contribution in [1.29, 1.82) is 0 Å². The lowest BCUT2D eigenvalue weighted by Crippen LogP contribution is -2.12. The summed E-state index contributed by atoms with van der Waals surface area (Å²) < 4.78 is 1.87. The van der Waals surface area contributed by atoms with Crippen molar-refractivity contribution in [2.24, 2.45) is 7.05 Å². The Labute approximate surface area is 112 Å². The topological polar surface area (TPSA) is 42.7 Å². The Morgan fingerprint density at radius 3 is 2.94 bits per heavy atom. The maximum atomic E-state index is 4.51. The first kappa shape index (κ1) is 13.2. The van der Waals surface area contributed by atoms with E-state index in [4.69, 9.17) is 0 Å². The van der Waals surface area contributed by atoms with E-state index in [9.17, 15) is 0 Å². The average molecular weight is 264 g/mol. The largest absolute Gasteiger partial charge is 0.312 e. The molecule has 1 N–H and O–H groups in total. The van der Waals surface area contributed by atoms with Gasteiger partial charge in [-0.15, -0.1) is 11.3 Å². The van der Waals surface area contributed by atoms with E-state index in [1.54, 1.807) is 11.3 Å². The van der Waals surface area contributed by atoms with Crippen LogP contribution in [0.25, 0.3) is 10.6 Å². The lowest BCUT2D eigenvalue weighted by atomic mass is 10.2. The third-order valence-electron chi connectivity index (χ3n) is 2.75. The first-order valence-electron chi connectivity index (χ1n) is 6.42. The summed E-state index contributed by atoms with van der Waals surface area (Å²) in [5, 5.41) is 8.93. The van der Waals surface area contributed by atoms with E-state index >= 15 is 0 Å². The standard InChI is InChI=1S/C13H20N4S/c1-4-6-14-7-10-8-15-13(18-10)11-9-17(3)16-12(11)5-2/h8-9,14H,4-7H2,1-3H3. The summed E-state index contributed by atoms with van der Waals surface area (Å²) in [7, 11) is 1.96. The Morgan fingerprint density at radius 2 is 2.22 bits per heavy atom. The van der Waals surface area contributed by atoms with Gasteiger partial charge in [-0.25, -0.2) is 4.98 Å². The predicted molar refractivity (Wildman–Crippen MR) is 75.7 cm³/mol. The van der Waals surface area contributed by atoms with Gasteiger partial charge in [-0.05, 0) is 19.4 Å². The molecular formula is C13H20N4S. The molecule has 0 atom stereocenters. The van der Waals surface area contributed by atoms with Gasteiger partial charge in [0.2, 0.25) is 0 Å². The number of hydrogen-bond donors (Lipinski definition) is 1. The Kier molecular flexibility index (Phi) is 4.49. The zero-order valence-corrected chi connectivity index (χ0v) is 12.0. The van der Waals surface area contributed by atoms with Crippen LogP contribution in [0.2, 0.25) is 0 Å². The van der Waals surface area contributed by atoms with Crippen molar-refractivity contribution in [3.8, 4) is 10.6 Å². The van der Waals surface area contributed by atoms with Crippen LogP contribution in [-0.4, -0.2) is 21.3 Å². The molecule has 2 aromatic rings. The summed E-state index contributed by atoms with van der Waals surface area (Å²) in [5.41, 5.74) is 2.30. The van der Waals surface area contributed by atoms with Crippen molar-refractivity contribution in [2.75, 3.05) is 6.54 Å². The molecule has 98 valence electrons. The summed E-state index contributed by atoms with van der Waals surface area (Å²) >= 11 is 1.75. The molecule has 0 unspecified atom stereocenters. The van der Waals surface area contributed by atoms with E-state index in [1.807, 2.05) is 17.9 Å². The van der Waals surface area contributed by atoms with Crippen LogP contribution >= 0.6 is 11.3 Å². The Bertz CT molecular complexity index is 501. The maximum absolute atomic E-state index is 4.51. The predicted octanol–water partition coefficient (Wildman–Crippen LogP) is 2.61. The van der Waals surface area contributed by atoms with Crippen LogP contribution in [-0.2, 0) is 20.0 Å². The molecule has 0 saturated heterocycles. The summed E-state index contributed by atoms with van der Waals surface area (Å²) in [6.45, 7) is 6.27. The van der Waals surface area contributed by atoms with Crippen molar-refractivity contribution < 1.29 is 0 Å². The molecular weight excluding hydrogens is 244 g/mol. The highest BCUT2D eigenvalue weighted by Crippen LogP contribution is 2.27. The highest BCUT2D eigenvalue weighted by molar-refractivity contribution is 7.15. The summed E-state index contributed by atoms with van der Waals surface area (Å²) in [4.78, 5) is 5.79. The van der Waals surface area contributed by atoms with Gasteiger partial charge in [-0.2, -0.15) is 5.10 Å². The van der Waals surface area contributed by atoms with Crippen LogP contribution in [0.1, 0.15) is 30.8 Å². The van der Waals surface area contributed by atoms with Gasteiger partial charge in [-0.1, -0.05) is 13.8 Å². The number of nitrogens with zero attached hydrogens (tertiary/aromatic N) is 3. The Morgan fingerprint density at radius 1 is 1.39 bits per heavy atom. The molecule has 0 aliphatic carbocycles. The molecule has 0 amide bonds. The normalized spacial score (nSPS) is 11.1. The number of hydrogen-bond acceptors (Lipinski definition) is 4. The SMILES string of the molecule is CCCNCc1cnc(-c2cn(C)nc2CC)s1. The van der Waals surface area contributed by atoms with E-state index in [0.29, 0.717) is 0 Å². The van der Waals surface area contributed by atoms with Gasteiger partial charge in [0.25, 0.3) is 0 Å². The Balaban J connectivity index is 2.13. The van der Waals surface area contributed by atoms with E-state index < -0.39 is 0 Å². The second-order valence-corrected chi connectivity index (χ2v) is 5.44. The number of aromatic nitrogens is 3. The third kappa shape index (κ3) is 2.97. The minimum Gasteiger partial charge on any atom is -0.312 e. The molecule has 0 bridgehead atoms. The summed E-state index contributed by atoms with van der Waals surface area (Å²) in [6, 6.07) is 0. The monoisotopic (exact) mass is 264 g/mol. The fourth-order valence-electron chi connectivity index (χ4n) is 1.88. The average Bonchev–Trinajstić information content (AvgIpc) is 2.95. The fourth-order valence-corrected chi connectivity index (χ4v) is 2.79. The minimum absolute atomic E-state index is 0.910. The van der Waals surface area contributed by atoms with Crippen LogP contribution in [0.4, 0.5) is 0 Å². The van der Waals surface area contributed by atoms with Crippen LogP contribution in [0.15, 0.2) is 12.4 Å². The number of aryl methyl sites for hydroxylation is 2. The van der Waals surface area contributed by atoms with Gasteiger partial charge in [0.05, 0.1) is 11.3 Å². The lowest BCUT2D eigenvalue weighted by molar-refractivity contribution is 0.681. The smallest absolute Gasteiger partial charge is 0.127 e. The van der Waals surface area contributed by atoms with E-state index in [1.165, 1.54) is 10.4 Å². The zero-order valence-electron chi connectivity index (χ0n) is 11.2. The summed E-state index contributed by atoms with van der Waals surface area (Å²) in [5.74, 6) is 0. The Hall–Kier alpha value is -1.20. The molecule has 0 radical (unpaired) electrons. The van der Waals surface area contributed by atoms with Crippen molar-refractivity contribution in [1.82, 2.24) is 20.1 Å². The molecule has 0 saturated carbocycles. The molecule has 4 nitrogen and oxygen atoms in total. The summed E-state index contributed by atoms with van der Waals surface area (Å²) in [6.07, 6.45) is 6.13. The zero-order chi connectivity index (χ0) is 13.0. The van der Waals surface area contributed by atoms with E-state index in [2.05, 4.69) is 35.4 Å². The van der Waals surface area contributed by atoms with Crippen molar-refractivity contribution in [2.45, 2.75) is 33.2 Å². The van der Waals surface area contributed by atoms with Crippen molar-refractivity contribution in [3.63, 3.8) is 0 Å². The quantitative estimate of drug-likeness (QED) is 0.816. The van der Waals surface area contributed by atoms with E-state index in [0.717, 1.165) is 36.6 Å². The molecule has 2 aromatic heterocycles. The molecule has 2 heterocycles. The molecule has 0 fully saturated rings. The molecule has 5 heteroatoms. The van der Waals surface area contributed by atoms with Gasteiger partial charge in [0.1, 0.15) is 5.01 Å². The van der Waals surface area contributed by atoms with Crippen LogP contribution in [0.3, 0.4) is 0 Å². The van der Waals surface area contributed by atoms with Gasteiger partial charge in [0, 0.05) is 30.9 Å². The molecule has 0 aliphatic heterocycles. The van der Waals surface area contributed by atoms with Crippen molar-refractivity contribution in [3.05, 3.63) is 23.0 Å². The third-order valence-corrected chi connectivity index (χ3v) is 3.78. The van der Waals surface area contributed by atoms with Crippen LogP contribution in [0.5, 0.6) is 0 Å². The molecule has 0 aliphatic rings. The highest BCUT2D eigenvalue weighted by atomic mass is 32.1. The molecule has 2 rings (SSSR count). The van der Waals surface area contributed by atoms with Gasteiger partial charge in [-0.3, -0.25) is 4.68 Å². The van der Waals surface area contributed by atoms with Gasteiger partial charge < -0.3 is 5.32 Å². The molecule has 0 spiro atoms. The highest BCUT2D eigenvalue weighted by Gasteiger charge is 2.12. The van der Waals surface area contributed by atoms with Gasteiger partial charge >= 0.3 is 0 Å². The lowest BCUT2D eigenvalue weighted by Gasteiger charge is -1.98. The number of thiazole rings is 1. The number of rotatable bonds is 6. The van der Waals surface area contributed by atoms with Crippen LogP contribution < -0.4 is 5.32 Å². The van der Waals surface area contributed by atoms with Gasteiger partial charge in [0.15, 0.2) is 0 Å². The van der Waals surface area contributed by atoms with Crippen LogP contribution in [0, 0.1) is 0 Å². The first-order valence-corrected chi connectivity index (χ1v) is 7.24. The molecule has 18 heavy (non-hydrogen) atoms.